The van der Waals surface area contributed by atoms with Gasteiger partial charge in [-0.2, -0.15) is 8.78 Å². The molecule has 0 N–H and O–H groups in total. The molecule has 0 aliphatic rings. The van der Waals surface area contributed by atoms with E-state index in [0.717, 1.165) is 24.6 Å². The van der Waals surface area contributed by atoms with Gasteiger partial charge in [0.05, 0.1) is 4.90 Å². The number of benzene rings is 2. The molecule has 3 aromatic rings. The topological polar surface area (TPSA) is 52.0 Å². The number of aromatic nitrogens is 2. The zero-order chi connectivity index (χ0) is 22.0. The van der Waals surface area contributed by atoms with Crippen LogP contribution in [0.25, 0.3) is 17.1 Å². The summed E-state index contributed by atoms with van der Waals surface area (Å²) in [5, 5.41) is 0. The van der Waals surface area contributed by atoms with Gasteiger partial charge in [-0.15, -0.1) is 0 Å². The fourth-order valence-corrected chi connectivity index (χ4v) is 3.20. The Morgan fingerprint density at radius 3 is 2.07 bits per heavy atom. The molecule has 1 atom stereocenters. The Hall–Kier alpha value is -2.25. The van der Waals surface area contributed by atoms with Crippen molar-refractivity contribution in [2.24, 2.45) is 0 Å². The van der Waals surface area contributed by atoms with Crippen LogP contribution in [0.1, 0.15) is 19.5 Å². The third-order valence-electron chi connectivity index (χ3n) is 3.77. The van der Waals surface area contributed by atoms with Crippen molar-refractivity contribution in [1.29, 1.82) is 0 Å². The van der Waals surface area contributed by atoms with Crippen molar-refractivity contribution in [3.05, 3.63) is 66.0 Å². The molecule has 1 unspecified atom stereocenters. The number of halogens is 4. The summed E-state index contributed by atoms with van der Waals surface area (Å²) >= 11 is 0. The van der Waals surface area contributed by atoms with E-state index in [0.29, 0.717) is 5.69 Å². The molecule has 0 saturated heterocycles. The minimum Gasteiger partial charge on any atom is -0.299 e. The Labute approximate surface area is 168 Å². The molecule has 2 aromatic carbocycles. The summed E-state index contributed by atoms with van der Waals surface area (Å²) in [7, 11) is -2.07. The van der Waals surface area contributed by atoms with Crippen LogP contribution in [-0.4, -0.2) is 24.2 Å². The van der Waals surface area contributed by atoms with Crippen molar-refractivity contribution < 1.29 is 26.0 Å². The average molecular weight is 446 g/mol. The lowest BCUT2D eigenvalue weighted by molar-refractivity contribution is 0.0991. The Morgan fingerprint density at radius 2 is 1.59 bits per heavy atom. The Kier molecular flexibility index (Phi) is 6.86. The van der Waals surface area contributed by atoms with E-state index in [1.54, 1.807) is 0 Å². The highest BCUT2D eigenvalue weighted by atomic mass is 32.2. The summed E-state index contributed by atoms with van der Waals surface area (Å²) < 4.78 is 78.6. The van der Waals surface area contributed by atoms with Gasteiger partial charge in [0, 0.05) is 23.7 Å². The molecule has 29 heavy (non-hydrogen) atoms. The van der Waals surface area contributed by atoms with Crippen molar-refractivity contribution in [2.45, 2.75) is 24.4 Å². The van der Waals surface area contributed by atoms with Crippen LogP contribution >= 0.6 is 9.24 Å². The Morgan fingerprint density at radius 1 is 1.00 bits per heavy atom. The Balaban J connectivity index is 0.00000145. The molecule has 0 spiro atoms. The van der Waals surface area contributed by atoms with Gasteiger partial charge in [-0.3, -0.25) is 4.57 Å². The molecule has 10 heteroatoms. The first-order chi connectivity index (χ1) is 13.5. The summed E-state index contributed by atoms with van der Waals surface area (Å²) in [5.41, 5.74) is -3.53. The number of sulfone groups is 1. The molecule has 3 rings (SSSR count). The van der Waals surface area contributed by atoms with E-state index >= 15 is 0 Å². The van der Waals surface area contributed by atoms with E-state index < -0.39 is 32.8 Å². The maximum absolute atomic E-state index is 13.7. The van der Waals surface area contributed by atoms with Crippen molar-refractivity contribution in [3.63, 3.8) is 0 Å². The fraction of sp³-hybridized carbons (Fsp3) is 0.211. The third kappa shape index (κ3) is 5.22. The smallest absolute Gasteiger partial charge is 0.299 e. The second-order valence-electron chi connectivity index (χ2n) is 5.84. The molecule has 0 radical (unpaired) electrons. The van der Waals surface area contributed by atoms with E-state index in [4.69, 9.17) is 0 Å². The monoisotopic (exact) mass is 446 g/mol. The van der Waals surface area contributed by atoms with Gasteiger partial charge in [-0.05, 0) is 42.5 Å². The van der Waals surface area contributed by atoms with E-state index in [1.807, 2.05) is 13.8 Å². The summed E-state index contributed by atoms with van der Waals surface area (Å²) in [5.74, 6) is -2.27. The lowest BCUT2D eigenvalue weighted by Crippen LogP contribution is -2.02. The molecular weight excluding hydrogens is 427 g/mol. The number of hydrogen-bond donors (Lipinski definition) is 0. The molecule has 0 aliphatic heterocycles. The molecule has 0 amide bonds. The number of nitrogens with zero attached hydrogens (tertiary/aromatic N) is 2. The number of imidazole rings is 1. The largest absolute Gasteiger partial charge is 0.301 e. The van der Waals surface area contributed by atoms with Crippen LogP contribution in [0, 0.1) is 11.6 Å². The van der Waals surface area contributed by atoms with Crippen LogP contribution in [0.2, 0.25) is 0 Å². The van der Waals surface area contributed by atoms with Gasteiger partial charge in [-0.25, -0.2) is 22.2 Å². The third-order valence-corrected chi connectivity index (χ3v) is 5.19. The van der Waals surface area contributed by atoms with Crippen LogP contribution < -0.4 is 0 Å². The fourth-order valence-electron chi connectivity index (χ4n) is 2.43. The van der Waals surface area contributed by atoms with Crippen LogP contribution in [-0.2, 0) is 15.5 Å². The molecule has 0 fully saturated rings. The number of alkyl halides is 2. The molecule has 0 aliphatic carbocycles. The van der Waals surface area contributed by atoms with Crippen molar-refractivity contribution in [1.82, 2.24) is 9.55 Å². The molecule has 4 nitrogen and oxygen atoms in total. The summed E-state index contributed by atoms with van der Waals surface area (Å²) in [6, 6.07) is 8.39. The van der Waals surface area contributed by atoms with Gasteiger partial charge in [-0.1, -0.05) is 23.1 Å². The first-order valence-corrected chi connectivity index (χ1v) is 11.0. The average Bonchev–Trinajstić information content (AvgIpc) is 3.11. The molecule has 0 saturated carbocycles. The SMILES string of the molecule is CC.CS(=O)(=O)c1ccc(-n2cc(C(F)(F)P)nc2-c2ccc(F)c(F)c2)cc1. The maximum atomic E-state index is 13.7. The summed E-state index contributed by atoms with van der Waals surface area (Å²) in [6.07, 6.45) is 2.10. The second-order valence-corrected chi connectivity index (χ2v) is 8.58. The lowest BCUT2D eigenvalue weighted by Gasteiger charge is -2.09. The molecule has 156 valence electrons. The van der Waals surface area contributed by atoms with E-state index in [2.05, 4.69) is 4.98 Å². The van der Waals surface area contributed by atoms with Crippen molar-refractivity contribution in [2.75, 3.05) is 6.26 Å². The highest BCUT2D eigenvalue weighted by Crippen LogP contribution is 2.36. The highest BCUT2D eigenvalue weighted by molar-refractivity contribution is 7.90. The van der Waals surface area contributed by atoms with Gasteiger partial charge in [0.15, 0.2) is 21.5 Å². The van der Waals surface area contributed by atoms with Crippen molar-refractivity contribution >= 4 is 19.1 Å². The molecule has 1 aromatic heterocycles. The van der Waals surface area contributed by atoms with Gasteiger partial charge in [0.1, 0.15) is 11.5 Å². The van der Waals surface area contributed by atoms with Crippen LogP contribution in [0.15, 0.2) is 53.6 Å². The highest BCUT2D eigenvalue weighted by Gasteiger charge is 2.30. The van der Waals surface area contributed by atoms with Crippen molar-refractivity contribution in [3.8, 4) is 17.1 Å². The molecule has 0 bridgehead atoms. The summed E-state index contributed by atoms with van der Waals surface area (Å²) in [6.45, 7) is 4.00. The summed E-state index contributed by atoms with van der Waals surface area (Å²) in [4.78, 5) is 3.91. The zero-order valence-electron chi connectivity index (χ0n) is 15.8. The number of hydrogen-bond acceptors (Lipinski definition) is 3. The normalized spacial score (nSPS) is 11.7. The predicted molar refractivity (Wildman–Crippen MR) is 107 cm³/mol. The zero-order valence-corrected chi connectivity index (χ0v) is 17.8. The van der Waals surface area contributed by atoms with Crippen LogP contribution in [0.4, 0.5) is 17.6 Å². The minimum atomic E-state index is -3.43. The van der Waals surface area contributed by atoms with Crippen LogP contribution in [0.3, 0.4) is 0 Å². The van der Waals surface area contributed by atoms with Gasteiger partial charge < -0.3 is 0 Å². The maximum Gasteiger partial charge on any atom is 0.301 e. The number of rotatable bonds is 4. The van der Waals surface area contributed by atoms with Gasteiger partial charge in [0.25, 0.3) is 0 Å². The van der Waals surface area contributed by atoms with Gasteiger partial charge >= 0.3 is 5.66 Å². The second kappa shape index (κ2) is 8.63. The quantitative estimate of drug-likeness (QED) is 0.410. The van der Waals surface area contributed by atoms with Gasteiger partial charge in [0.2, 0.25) is 0 Å². The molecule has 1 heterocycles. The Bertz CT molecular complexity index is 1110. The standard InChI is InChI=1S/C17H13F4N2O2PS.C2H6/c1-27(24,25)12-5-3-11(4-6-12)23-9-15(17(20,21)26)22-16(23)10-2-7-13(18)14(19)8-10;1-2/h2-9H,26H2,1H3;1-2H3. The predicted octanol–water partition coefficient (Wildman–Crippen LogP) is 5.17. The van der Waals surface area contributed by atoms with E-state index in [-0.39, 0.29) is 16.3 Å². The van der Waals surface area contributed by atoms with E-state index in [9.17, 15) is 26.0 Å². The van der Waals surface area contributed by atoms with Crippen LogP contribution in [0.5, 0.6) is 0 Å². The van der Waals surface area contributed by atoms with E-state index in [1.165, 1.54) is 44.1 Å². The first kappa shape index (κ1) is 23.0. The first-order valence-electron chi connectivity index (χ1n) is 8.49. The lowest BCUT2D eigenvalue weighted by atomic mass is 10.2. The minimum absolute atomic E-state index is 0.0434. The molecular formula is C19H19F4N2O2PS.